The van der Waals surface area contributed by atoms with Crippen LogP contribution in [0, 0.1) is 0 Å². The Morgan fingerprint density at radius 1 is 1.31 bits per heavy atom. The second kappa shape index (κ2) is 10.7. The first kappa shape index (κ1) is 24.6. The number of rotatable bonds is 10. The van der Waals surface area contributed by atoms with E-state index in [1.54, 1.807) is 32.3 Å². The van der Waals surface area contributed by atoms with E-state index in [0.717, 1.165) is 19.4 Å². The van der Waals surface area contributed by atoms with Crippen molar-refractivity contribution in [3.8, 4) is 11.5 Å². The monoisotopic (exact) mass is 460 g/mol. The van der Waals surface area contributed by atoms with Gasteiger partial charge in [-0.25, -0.2) is 0 Å². The highest BCUT2D eigenvalue weighted by Crippen LogP contribution is 2.35. The summed E-state index contributed by atoms with van der Waals surface area (Å²) in [5, 5.41) is 12.6. The predicted octanol–water partition coefficient (Wildman–Crippen LogP) is 4.13. The quantitative estimate of drug-likeness (QED) is 0.578. The lowest BCUT2D eigenvalue weighted by Crippen LogP contribution is -2.53. The molecule has 2 heterocycles. The minimum atomic E-state index is -0.885. The van der Waals surface area contributed by atoms with E-state index in [1.165, 1.54) is 10.4 Å². The van der Waals surface area contributed by atoms with Crippen molar-refractivity contribution in [1.82, 2.24) is 9.80 Å². The predicted molar refractivity (Wildman–Crippen MR) is 129 cm³/mol. The highest BCUT2D eigenvalue weighted by molar-refractivity contribution is 7.10. The van der Waals surface area contributed by atoms with E-state index in [-0.39, 0.29) is 24.5 Å². The molecule has 0 aliphatic carbocycles. The summed E-state index contributed by atoms with van der Waals surface area (Å²) in [6.45, 7) is 9.75. The number of aliphatic hydroxyl groups is 1. The molecule has 176 valence electrons. The number of thiophene rings is 1. The van der Waals surface area contributed by atoms with Crippen LogP contribution in [-0.4, -0.2) is 65.8 Å². The fraction of sp³-hybridized carbons (Fsp3) is 0.560. The molecule has 1 aromatic carbocycles. The topological polar surface area (TPSA) is 62.2 Å². The van der Waals surface area contributed by atoms with Gasteiger partial charge in [0.05, 0.1) is 25.3 Å². The van der Waals surface area contributed by atoms with Gasteiger partial charge >= 0.3 is 0 Å². The molecule has 0 fully saturated rings. The van der Waals surface area contributed by atoms with E-state index >= 15 is 0 Å². The van der Waals surface area contributed by atoms with Gasteiger partial charge < -0.3 is 19.5 Å². The van der Waals surface area contributed by atoms with Gasteiger partial charge in [-0.2, -0.15) is 0 Å². The van der Waals surface area contributed by atoms with Crippen LogP contribution in [0.3, 0.4) is 0 Å². The zero-order valence-corrected chi connectivity index (χ0v) is 20.7. The Labute approximate surface area is 195 Å². The number of carbonyl (C=O) groups excluding carboxylic acids is 1. The van der Waals surface area contributed by atoms with E-state index in [9.17, 15) is 9.90 Å². The Bertz CT molecular complexity index is 892. The maximum absolute atomic E-state index is 13.5. The largest absolute Gasteiger partial charge is 0.493 e. The fourth-order valence-corrected chi connectivity index (χ4v) is 5.12. The zero-order chi connectivity index (χ0) is 23.3. The number of hydrogen-bond acceptors (Lipinski definition) is 6. The third-order valence-corrected chi connectivity index (χ3v) is 7.30. The van der Waals surface area contributed by atoms with Gasteiger partial charge in [0.1, 0.15) is 6.61 Å². The van der Waals surface area contributed by atoms with E-state index < -0.39 is 5.60 Å². The van der Waals surface area contributed by atoms with Gasteiger partial charge in [0, 0.05) is 17.5 Å². The van der Waals surface area contributed by atoms with E-state index in [2.05, 4.69) is 23.3 Å². The molecule has 6 nitrogen and oxygen atoms in total. The van der Waals surface area contributed by atoms with Crippen molar-refractivity contribution >= 4 is 17.2 Å². The minimum Gasteiger partial charge on any atom is -0.493 e. The van der Waals surface area contributed by atoms with E-state index in [1.807, 2.05) is 36.1 Å². The lowest BCUT2D eigenvalue weighted by atomic mass is 9.98. The van der Waals surface area contributed by atoms with E-state index in [4.69, 9.17) is 9.47 Å². The standard InChI is InChI=1S/C25H36N2O4S/c1-6-13-26(18(2)25(3,4)29)16-24(28)27-14-11-23-19(12-15-32-23)20(27)17-31-22-10-8-7-9-21(22)30-5/h7-10,12,15,18,20,29H,6,11,13-14,16-17H2,1-5H3/t18-,20+/m0/s1. The maximum Gasteiger partial charge on any atom is 0.237 e. The van der Waals surface area contributed by atoms with Crippen LogP contribution in [0.1, 0.15) is 50.6 Å². The summed E-state index contributed by atoms with van der Waals surface area (Å²) >= 11 is 1.74. The summed E-state index contributed by atoms with van der Waals surface area (Å²) in [6, 6.07) is 9.41. The Morgan fingerprint density at radius 3 is 2.69 bits per heavy atom. The Balaban J connectivity index is 1.79. The van der Waals surface area contributed by atoms with Crippen molar-refractivity contribution < 1.29 is 19.4 Å². The summed E-state index contributed by atoms with van der Waals surface area (Å²) in [5.41, 5.74) is 0.284. The number of fused-ring (bicyclic) bond motifs is 1. The summed E-state index contributed by atoms with van der Waals surface area (Å²) in [4.78, 5) is 18.9. The molecule has 1 amide bonds. The molecule has 1 N–H and O–H groups in total. The number of methoxy groups -OCH3 is 1. The van der Waals surface area contributed by atoms with Crippen LogP contribution in [0.25, 0.3) is 0 Å². The molecule has 32 heavy (non-hydrogen) atoms. The molecule has 0 saturated carbocycles. The third kappa shape index (κ3) is 5.63. The smallest absolute Gasteiger partial charge is 0.237 e. The highest BCUT2D eigenvalue weighted by Gasteiger charge is 2.35. The number of nitrogens with zero attached hydrogens (tertiary/aromatic N) is 2. The number of benzene rings is 1. The van der Waals surface area contributed by atoms with Crippen molar-refractivity contribution in [3.63, 3.8) is 0 Å². The van der Waals surface area contributed by atoms with Crippen LogP contribution in [0.4, 0.5) is 0 Å². The van der Waals surface area contributed by atoms with Crippen molar-refractivity contribution in [3.05, 3.63) is 46.2 Å². The Kier molecular flexibility index (Phi) is 8.20. The normalized spacial score (nSPS) is 17.2. The molecule has 7 heteroatoms. The van der Waals surface area contributed by atoms with Crippen molar-refractivity contribution in [2.24, 2.45) is 0 Å². The molecule has 0 unspecified atom stereocenters. The molecule has 3 rings (SSSR count). The Hall–Kier alpha value is -2.09. The first-order valence-corrected chi connectivity index (χ1v) is 12.2. The molecule has 0 spiro atoms. The zero-order valence-electron chi connectivity index (χ0n) is 19.8. The second-order valence-electron chi connectivity index (χ2n) is 8.91. The minimum absolute atomic E-state index is 0.0695. The molecule has 1 aliphatic heterocycles. The second-order valence-corrected chi connectivity index (χ2v) is 9.91. The van der Waals surface area contributed by atoms with Crippen LogP contribution in [-0.2, 0) is 11.2 Å². The van der Waals surface area contributed by atoms with Gasteiger partial charge in [0.15, 0.2) is 11.5 Å². The van der Waals surface area contributed by atoms with Crippen molar-refractivity contribution in [2.75, 3.05) is 33.4 Å². The first-order chi connectivity index (χ1) is 15.3. The number of ether oxygens (including phenoxy) is 2. The summed E-state index contributed by atoms with van der Waals surface area (Å²) < 4.78 is 11.6. The van der Waals surface area contributed by atoms with Gasteiger partial charge in [0.2, 0.25) is 5.91 Å². The van der Waals surface area contributed by atoms with Crippen LogP contribution >= 0.6 is 11.3 Å². The van der Waals surface area contributed by atoms with Gasteiger partial charge in [0.25, 0.3) is 0 Å². The van der Waals surface area contributed by atoms with Crippen molar-refractivity contribution in [1.29, 1.82) is 0 Å². The molecule has 0 bridgehead atoms. The van der Waals surface area contributed by atoms with Crippen LogP contribution in [0.2, 0.25) is 0 Å². The summed E-state index contributed by atoms with van der Waals surface area (Å²) in [5.74, 6) is 1.42. The van der Waals surface area contributed by atoms with Crippen molar-refractivity contribution in [2.45, 2.75) is 58.2 Å². The number of hydrogen-bond donors (Lipinski definition) is 1. The van der Waals surface area contributed by atoms with Gasteiger partial charge in [-0.1, -0.05) is 19.1 Å². The third-order valence-electron chi connectivity index (χ3n) is 6.30. The fourth-order valence-electron chi connectivity index (χ4n) is 4.19. The molecular weight excluding hydrogens is 424 g/mol. The van der Waals surface area contributed by atoms with Crippen LogP contribution < -0.4 is 9.47 Å². The number of carbonyl (C=O) groups is 1. The first-order valence-electron chi connectivity index (χ1n) is 11.3. The lowest BCUT2D eigenvalue weighted by Gasteiger charge is -2.40. The SMILES string of the molecule is CCCN(CC(=O)N1CCc2sccc2[C@H]1COc1ccccc1OC)[C@@H](C)C(C)(C)O. The number of amides is 1. The molecule has 2 atom stereocenters. The Morgan fingerprint density at radius 2 is 2.03 bits per heavy atom. The van der Waals surface area contributed by atoms with Crippen LogP contribution in [0.5, 0.6) is 11.5 Å². The molecule has 1 aromatic heterocycles. The molecule has 1 aliphatic rings. The number of para-hydroxylation sites is 2. The van der Waals surface area contributed by atoms with Gasteiger partial charge in [-0.3, -0.25) is 9.69 Å². The average molecular weight is 461 g/mol. The molecule has 0 saturated heterocycles. The van der Waals surface area contributed by atoms with Gasteiger partial charge in [-0.15, -0.1) is 11.3 Å². The summed E-state index contributed by atoms with van der Waals surface area (Å²) in [6.07, 6.45) is 1.78. The van der Waals surface area contributed by atoms with Crippen LogP contribution in [0.15, 0.2) is 35.7 Å². The highest BCUT2D eigenvalue weighted by atomic mass is 32.1. The molecular formula is C25H36N2O4S. The molecule has 2 aromatic rings. The van der Waals surface area contributed by atoms with Gasteiger partial charge in [-0.05, 0) is 69.3 Å². The lowest BCUT2D eigenvalue weighted by molar-refractivity contribution is -0.138. The average Bonchev–Trinajstić information content (AvgIpc) is 3.25. The van der Waals surface area contributed by atoms with E-state index in [0.29, 0.717) is 24.7 Å². The molecule has 0 radical (unpaired) electrons. The maximum atomic E-state index is 13.5. The summed E-state index contributed by atoms with van der Waals surface area (Å²) in [7, 11) is 1.63.